The van der Waals surface area contributed by atoms with Crippen molar-refractivity contribution in [3.63, 3.8) is 0 Å². The number of imidazole rings is 1. The van der Waals surface area contributed by atoms with Crippen LogP contribution in [0.5, 0.6) is 0 Å². The van der Waals surface area contributed by atoms with Crippen molar-refractivity contribution in [3.05, 3.63) is 12.7 Å². The van der Waals surface area contributed by atoms with Gasteiger partial charge in [0.15, 0.2) is 24.0 Å². The summed E-state index contributed by atoms with van der Waals surface area (Å²) in [5, 5.41) is 69.5. The zero-order valence-electron chi connectivity index (χ0n) is 20.0. The Kier molecular flexibility index (Phi) is 9.55. The van der Waals surface area contributed by atoms with Crippen LogP contribution in [0.2, 0.25) is 0 Å². The van der Waals surface area contributed by atoms with Crippen LogP contribution in [0, 0.1) is 0 Å². The minimum absolute atomic E-state index is 0.0311. The molecule has 0 radical (unpaired) electrons. The van der Waals surface area contributed by atoms with Crippen molar-refractivity contribution in [3.8, 4) is 0 Å². The molecule has 40 heavy (non-hydrogen) atoms. The molecule has 4 heterocycles. The molecule has 2 fully saturated rings. The lowest BCUT2D eigenvalue weighted by Gasteiger charge is -2.41. The Morgan fingerprint density at radius 3 is 2.40 bits per heavy atom. The third-order valence-electron chi connectivity index (χ3n) is 6.02. The van der Waals surface area contributed by atoms with Crippen LogP contribution in [-0.2, 0) is 27.4 Å². The molecule has 2 aliphatic rings. The molecule has 0 aromatic carbocycles. The topological polar surface area (TPSA) is 323 Å². The number of hydrogen-bond donors (Lipinski definition) is 10. The van der Waals surface area contributed by atoms with E-state index in [-0.39, 0.29) is 28.4 Å². The Bertz CT molecular complexity index is 1290. The summed E-state index contributed by atoms with van der Waals surface area (Å²) >= 11 is 0.0311. The van der Waals surface area contributed by atoms with E-state index >= 15 is 0 Å². The van der Waals surface area contributed by atoms with E-state index < -0.39 is 88.3 Å². The lowest BCUT2D eigenvalue weighted by atomic mass is 9.96. The third-order valence-corrected chi connectivity index (χ3v) is 11.0. The molecule has 2 aromatic rings. The Morgan fingerprint density at radius 2 is 1.73 bits per heavy atom. The number of nitrogens with two attached hydrogens (primary N) is 1. The quantitative estimate of drug-likeness (QED) is 0.112. The first-order valence-corrected chi connectivity index (χ1v) is 15.9. The van der Waals surface area contributed by atoms with Crippen molar-refractivity contribution < 1.29 is 73.0 Å². The van der Waals surface area contributed by atoms with E-state index in [2.05, 4.69) is 23.8 Å². The highest BCUT2D eigenvalue weighted by Gasteiger charge is 2.51. The molecule has 4 rings (SSSR count). The molecule has 2 aliphatic heterocycles. The summed E-state index contributed by atoms with van der Waals surface area (Å²) in [6, 6.07) is 0. The molecule has 226 valence electrons. The molecule has 0 aliphatic carbocycles. The SMILES string of the molecule is Nc1ncnc2c1ncn2[C@@H]1O[C@H](CSP(=O)(O)OP(=O)(O)OC2OC([C@@H](O)CO)C(O)C(O)C2O)[C@@H](O)[C@H]1O. The second-order valence-electron chi connectivity index (χ2n) is 8.74. The lowest BCUT2D eigenvalue weighted by Crippen LogP contribution is -2.61. The molecular weight excluding hydrogens is 608 g/mol. The van der Waals surface area contributed by atoms with Crippen LogP contribution in [0.1, 0.15) is 6.23 Å². The van der Waals surface area contributed by atoms with Gasteiger partial charge in [0.05, 0.1) is 19.0 Å². The third kappa shape index (κ3) is 6.50. The fourth-order valence-corrected chi connectivity index (χ4v) is 8.63. The monoisotopic (exact) mass is 635 g/mol. The van der Waals surface area contributed by atoms with Crippen molar-refractivity contribution in [2.24, 2.45) is 0 Å². The molecule has 2 aromatic heterocycles. The minimum atomic E-state index is -5.55. The molecular formula is C17H27N5O15P2S. The van der Waals surface area contributed by atoms with Gasteiger partial charge < -0.3 is 60.7 Å². The summed E-state index contributed by atoms with van der Waals surface area (Å²) in [5.74, 6) is -0.500. The Labute approximate surface area is 227 Å². The number of ether oxygens (including phenoxy) is 2. The van der Waals surface area contributed by atoms with Crippen LogP contribution in [0.25, 0.3) is 11.2 Å². The predicted molar refractivity (Wildman–Crippen MR) is 130 cm³/mol. The zero-order valence-corrected chi connectivity index (χ0v) is 22.6. The first-order valence-electron chi connectivity index (χ1n) is 11.3. The molecule has 2 saturated heterocycles. The van der Waals surface area contributed by atoms with Crippen LogP contribution in [-0.4, -0.2) is 133 Å². The number of aromatic nitrogens is 4. The Balaban J connectivity index is 1.38. The molecule has 0 spiro atoms. The molecule has 7 unspecified atom stereocenters. The largest absolute Gasteiger partial charge is 0.482 e. The van der Waals surface area contributed by atoms with E-state index in [4.69, 9.17) is 20.3 Å². The average Bonchev–Trinajstić information content (AvgIpc) is 3.43. The van der Waals surface area contributed by atoms with Crippen molar-refractivity contribution in [1.82, 2.24) is 19.5 Å². The van der Waals surface area contributed by atoms with Crippen LogP contribution in [0.4, 0.5) is 5.82 Å². The van der Waals surface area contributed by atoms with E-state index in [1.165, 1.54) is 10.9 Å². The summed E-state index contributed by atoms with van der Waals surface area (Å²) in [6.45, 7) is -6.04. The van der Waals surface area contributed by atoms with Gasteiger partial charge >= 0.3 is 14.6 Å². The number of anilines is 1. The fraction of sp³-hybridized carbons (Fsp3) is 0.706. The van der Waals surface area contributed by atoms with E-state index in [1.54, 1.807) is 0 Å². The van der Waals surface area contributed by atoms with E-state index in [9.17, 15) is 49.6 Å². The van der Waals surface area contributed by atoms with E-state index in [0.29, 0.717) is 0 Å². The van der Waals surface area contributed by atoms with Crippen LogP contribution in [0.3, 0.4) is 0 Å². The van der Waals surface area contributed by atoms with Crippen molar-refractivity contribution >= 4 is 43.0 Å². The number of fused-ring (bicyclic) bond motifs is 1. The standard InChI is InChI=1S/C17H27N5O15P2S/c18-14-7-15(20-3-19-14)22(4-21-7)16-11(28)8(25)6(34-16)2-40-39(32,33)37-38(30,31)36-17-12(29)9(26)10(27)13(35-17)5(24)1-23/h3-6,8-13,16-17,23-29H,1-2H2,(H,30,31)(H,32,33)(H2,18,19,20)/t5-,6+,8+,9?,10?,11+,12?,13?,16+,17?/m0/s1. The maximum atomic E-state index is 12.5. The predicted octanol–water partition coefficient (Wildman–Crippen LogP) is -3.84. The fourth-order valence-electron chi connectivity index (χ4n) is 4.01. The smallest absolute Gasteiger partial charge is 0.394 e. The van der Waals surface area contributed by atoms with Gasteiger partial charge in [0.2, 0.25) is 0 Å². The molecule has 11 N–H and O–H groups in total. The molecule has 23 heteroatoms. The van der Waals surface area contributed by atoms with Crippen LogP contribution < -0.4 is 5.73 Å². The van der Waals surface area contributed by atoms with E-state index in [0.717, 1.165) is 6.33 Å². The second kappa shape index (κ2) is 12.1. The summed E-state index contributed by atoms with van der Waals surface area (Å²) in [4.78, 5) is 31.9. The number of rotatable bonds is 10. The van der Waals surface area contributed by atoms with Crippen molar-refractivity contribution in [2.75, 3.05) is 18.1 Å². The number of nitrogens with zero attached hydrogens (tertiary/aromatic N) is 4. The maximum Gasteiger partial charge on any atom is 0.482 e. The van der Waals surface area contributed by atoms with Gasteiger partial charge in [0.25, 0.3) is 0 Å². The average molecular weight is 635 g/mol. The van der Waals surface area contributed by atoms with Crippen molar-refractivity contribution in [1.29, 1.82) is 0 Å². The summed E-state index contributed by atoms with van der Waals surface area (Å²) in [5.41, 5.74) is 6.10. The molecule has 0 saturated carbocycles. The minimum Gasteiger partial charge on any atom is -0.394 e. The first-order chi connectivity index (χ1) is 18.7. The second-order valence-corrected chi connectivity index (χ2v) is 14.2. The number of phosphoric acid groups is 1. The highest BCUT2D eigenvalue weighted by Crippen LogP contribution is 2.67. The van der Waals surface area contributed by atoms with Gasteiger partial charge in [-0.3, -0.25) is 9.09 Å². The summed E-state index contributed by atoms with van der Waals surface area (Å²) in [6.07, 6.45) is -15.3. The Hall–Kier alpha value is -1.36. The molecule has 20 nitrogen and oxygen atoms in total. The van der Waals surface area contributed by atoms with Gasteiger partial charge in [-0.25, -0.2) is 24.1 Å². The normalized spacial score (nSPS) is 36.8. The number of aliphatic hydroxyl groups is 7. The van der Waals surface area contributed by atoms with Gasteiger partial charge in [0, 0.05) is 5.75 Å². The summed E-state index contributed by atoms with van der Waals surface area (Å²) in [7, 11) is -5.55. The maximum absolute atomic E-state index is 12.5. The van der Waals surface area contributed by atoms with Gasteiger partial charge in [-0.05, 0) is 11.4 Å². The van der Waals surface area contributed by atoms with Gasteiger partial charge in [-0.2, -0.15) is 4.31 Å². The van der Waals surface area contributed by atoms with Gasteiger partial charge in [0.1, 0.15) is 54.6 Å². The van der Waals surface area contributed by atoms with E-state index in [1.807, 2.05) is 0 Å². The van der Waals surface area contributed by atoms with Crippen LogP contribution >= 0.6 is 26.0 Å². The Morgan fingerprint density at radius 1 is 1.02 bits per heavy atom. The number of nitrogen functional groups attached to an aromatic ring is 1. The molecule has 0 amide bonds. The summed E-state index contributed by atoms with van der Waals surface area (Å²) < 4.78 is 45.6. The molecule has 0 bridgehead atoms. The van der Waals surface area contributed by atoms with Crippen molar-refractivity contribution in [2.45, 2.75) is 61.3 Å². The van der Waals surface area contributed by atoms with Gasteiger partial charge in [-0.15, -0.1) is 0 Å². The van der Waals surface area contributed by atoms with Crippen LogP contribution in [0.15, 0.2) is 12.7 Å². The number of hydrogen-bond acceptors (Lipinski definition) is 18. The first kappa shape index (κ1) is 31.6. The molecule has 12 atom stereocenters. The highest BCUT2D eigenvalue weighted by molar-refractivity contribution is 8.55. The van der Waals surface area contributed by atoms with Gasteiger partial charge in [-0.1, -0.05) is 0 Å². The number of aliphatic hydroxyl groups excluding tert-OH is 7. The number of phosphoric ester groups is 1. The highest BCUT2D eigenvalue weighted by atomic mass is 32.7. The zero-order chi connectivity index (χ0) is 29.6. The lowest BCUT2D eigenvalue weighted by molar-refractivity contribution is -0.292.